The average molecular weight is 344 g/mol. The predicted octanol–water partition coefficient (Wildman–Crippen LogP) is 3.46. The van der Waals surface area contributed by atoms with E-state index in [1.807, 2.05) is 55.5 Å². The van der Waals surface area contributed by atoms with E-state index in [9.17, 15) is 9.59 Å². The van der Waals surface area contributed by atoms with Gasteiger partial charge in [-0.3, -0.25) is 9.59 Å². The molecule has 0 saturated carbocycles. The molecule has 0 radical (unpaired) electrons. The van der Waals surface area contributed by atoms with Crippen LogP contribution >= 0.6 is 11.6 Å². The first-order valence-electron chi connectivity index (χ1n) is 8.06. The summed E-state index contributed by atoms with van der Waals surface area (Å²) in [5.41, 5.74) is 3.29. The molecular formula is C20H22ClNO2. The van der Waals surface area contributed by atoms with Crippen LogP contribution in [0.15, 0.2) is 54.6 Å². The second-order valence-electron chi connectivity index (χ2n) is 5.90. The normalized spacial score (nSPS) is 11.8. The lowest BCUT2D eigenvalue weighted by Crippen LogP contribution is -2.43. The quantitative estimate of drug-likeness (QED) is 0.746. The average Bonchev–Trinajstić information content (AvgIpc) is 2.59. The van der Waals surface area contributed by atoms with Crippen LogP contribution in [0, 0.1) is 6.92 Å². The van der Waals surface area contributed by atoms with Crippen molar-refractivity contribution in [2.45, 2.75) is 32.2 Å². The van der Waals surface area contributed by atoms with Crippen molar-refractivity contribution in [2.24, 2.45) is 0 Å². The Morgan fingerprint density at radius 2 is 1.75 bits per heavy atom. The third-order valence-electron chi connectivity index (χ3n) is 3.86. The van der Waals surface area contributed by atoms with Gasteiger partial charge in [0.05, 0.1) is 11.9 Å². The van der Waals surface area contributed by atoms with Crippen LogP contribution in [0.2, 0.25) is 0 Å². The van der Waals surface area contributed by atoms with Crippen molar-refractivity contribution in [1.29, 1.82) is 0 Å². The minimum Gasteiger partial charge on any atom is -0.346 e. The Morgan fingerprint density at radius 3 is 2.42 bits per heavy atom. The van der Waals surface area contributed by atoms with Crippen LogP contribution in [0.5, 0.6) is 0 Å². The lowest BCUT2D eigenvalue weighted by Gasteiger charge is -2.17. The number of hydrogen-bond donors (Lipinski definition) is 1. The minimum atomic E-state index is -0.574. The highest BCUT2D eigenvalue weighted by atomic mass is 35.5. The van der Waals surface area contributed by atoms with Gasteiger partial charge in [-0.1, -0.05) is 60.2 Å². The number of carbonyl (C=O) groups excluding carboxylic acids is 2. The number of alkyl halides is 1. The summed E-state index contributed by atoms with van der Waals surface area (Å²) >= 11 is 5.69. The van der Waals surface area contributed by atoms with E-state index in [1.54, 1.807) is 0 Å². The van der Waals surface area contributed by atoms with Crippen molar-refractivity contribution in [3.8, 4) is 0 Å². The zero-order chi connectivity index (χ0) is 17.4. The van der Waals surface area contributed by atoms with Crippen LogP contribution in [0.25, 0.3) is 0 Å². The van der Waals surface area contributed by atoms with Crippen LogP contribution < -0.4 is 5.32 Å². The van der Waals surface area contributed by atoms with E-state index in [0.29, 0.717) is 19.3 Å². The molecule has 0 bridgehead atoms. The van der Waals surface area contributed by atoms with Gasteiger partial charge >= 0.3 is 0 Å². The fourth-order valence-corrected chi connectivity index (χ4v) is 2.77. The lowest BCUT2D eigenvalue weighted by molar-refractivity contribution is -0.126. The maximum atomic E-state index is 12.2. The van der Waals surface area contributed by atoms with E-state index < -0.39 is 6.04 Å². The van der Waals surface area contributed by atoms with Gasteiger partial charge in [-0.25, -0.2) is 0 Å². The standard InChI is InChI=1S/C20H22ClNO2/c1-15-6-5-9-17(12-15)10-11-20(24)22-18(19(23)14-21)13-16-7-3-2-4-8-16/h2-9,12,18H,10-11,13-14H2,1H3,(H,22,24)/t18-/m0/s1. The van der Waals surface area contributed by atoms with E-state index in [1.165, 1.54) is 5.56 Å². The van der Waals surface area contributed by atoms with Crippen LogP contribution in [0.1, 0.15) is 23.1 Å². The highest BCUT2D eigenvalue weighted by Crippen LogP contribution is 2.08. The summed E-state index contributed by atoms with van der Waals surface area (Å²) in [5.74, 6) is -0.393. The second kappa shape index (κ2) is 9.24. The Balaban J connectivity index is 1.93. The van der Waals surface area contributed by atoms with Crippen molar-refractivity contribution in [2.75, 3.05) is 5.88 Å². The van der Waals surface area contributed by atoms with Crippen molar-refractivity contribution in [3.63, 3.8) is 0 Å². The molecule has 0 unspecified atom stereocenters. The number of hydrogen-bond acceptors (Lipinski definition) is 2. The Morgan fingerprint density at radius 1 is 1.04 bits per heavy atom. The molecule has 0 aliphatic carbocycles. The number of ketones is 1. The first-order valence-corrected chi connectivity index (χ1v) is 8.59. The van der Waals surface area contributed by atoms with Gasteiger partial charge in [-0.2, -0.15) is 0 Å². The zero-order valence-corrected chi connectivity index (χ0v) is 14.6. The number of halogens is 1. The fraction of sp³-hybridized carbons (Fsp3) is 0.300. The number of nitrogens with one attached hydrogen (secondary N) is 1. The van der Waals surface area contributed by atoms with Crippen molar-refractivity contribution in [1.82, 2.24) is 5.32 Å². The fourth-order valence-electron chi connectivity index (χ4n) is 2.58. The van der Waals surface area contributed by atoms with Crippen molar-refractivity contribution in [3.05, 3.63) is 71.3 Å². The molecule has 0 fully saturated rings. The molecule has 2 aromatic rings. The zero-order valence-electron chi connectivity index (χ0n) is 13.8. The Bertz CT molecular complexity index is 685. The van der Waals surface area contributed by atoms with Gasteiger partial charge in [0.15, 0.2) is 5.78 Å². The number of benzene rings is 2. The molecule has 1 N–H and O–H groups in total. The summed E-state index contributed by atoms with van der Waals surface area (Å²) < 4.78 is 0. The van der Waals surface area contributed by atoms with Crippen LogP contribution in [-0.2, 0) is 22.4 Å². The maximum Gasteiger partial charge on any atom is 0.220 e. The molecule has 0 saturated heterocycles. The summed E-state index contributed by atoms with van der Waals surface area (Å²) in [6, 6.07) is 17.1. The summed E-state index contributed by atoms with van der Waals surface area (Å²) in [7, 11) is 0. The molecule has 0 heterocycles. The van der Waals surface area contributed by atoms with Crippen molar-refractivity contribution < 1.29 is 9.59 Å². The summed E-state index contributed by atoms with van der Waals surface area (Å²) in [6.07, 6.45) is 1.47. The molecule has 1 atom stereocenters. The van der Waals surface area contributed by atoms with E-state index in [0.717, 1.165) is 11.1 Å². The Labute approximate surface area is 148 Å². The number of aryl methyl sites for hydroxylation is 2. The van der Waals surface area contributed by atoms with E-state index in [4.69, 9.17) is 11.6 Å². The van der Waals surface area contributed by atoms with E-state index >= 15 is 0 Å². The molecular weight excluding hydrogens is 322 g/mol. The first-order chi connectivity index (χ1) is 11.6. The van der Waals surface area contributed by atoms with Crippen LogP contribution in [0.4, 0.5) is 0 Å². The lowest BCUT2D eigenvalue weighted by atomic mass is 10.0. The molecule has 0 aliphatic rings. The molecule has 24 heavy (non-hydrogen) atoms. The largest absolute Gasteiger partial charge is 0.346 e. The van der Waals surface area contributed by atoms with Gasteiger partial charge < -0.3 is 5.32 Å². The SMILES string of the molecule is Cc1cccc(CCC(=O)N[C@@H](Cc2ccccc2)C(=O)CCl)c1. The van der Waals surface area contributed by atoms with Gasteiger partial charge in [0.1, 0.15) is 0 Å². The highest BCUT2D eigenvalue weighted by molar-refractivity contribution is 6.28. The topological polar surface area (TPSA) is 46.2 Å². The predicted molar refractivity (Wildman–Crippen MR) is 97.3 cm³/mol. The monoisotopic (exact) mass is 343 g/mol. The Kier molecular flexibility index (Phi) is 7.01. The molecule has 0 aliphatic heterocycles. The number of Topliss-reactive ketones (excluding diaryl/α,β-unsaturated/α-hetero) is 1. The minimum absolute atomic E-state index is 0.102. The van der Waals surface area contributed by atoms with Gasteiger partial charge in [0.2, 0.25) is 5.91 Å². The smallest absolute Gasteiger partial charge is 0.220 e. The van der Waals surface area contributed by atoms with Crippen LogP contribution in [0.3, 0.4) is 0 Å². The van der Waals surface area contributed by atoms with Gasteiger partial charge in [0, 0.05) is 6.42 Å². The molecule has 0 spiro atoms. The summed E-state index contributed by atoms with van der Waals surface area (Å²) in [4.78, 5) is 24.2. The number of rotatable bonds is 8. The third kappa shape index (κ3) is 5.82. The van der Waals surface area contributed by atoms with Crippen molar-refractivity contribution >= 4 is 23.3 Å². The molecule has 3 nitrogen and oxygen atoms in total. The molecule has 4 heteroatoms. The first kappa shape index (κ1) is 18.2. The molecule has 0 aromatic heterocycles. The maximum absolute atomic E-state index is 12.2. The molecule has 2 aromatic carbocycles. The molecule has 1 amide bonds. The van der Waals surface area contributed by atoms with Crippen LogP contribution in [-0.4, -0.2) is 23.6 Å². The van der Waals surface area contributed by atoms with Gasteiger partial charge in [0.25, 0.3) is 0 Å². The van der Waals surface area contributed by atoms with Gasteiger partial charge in [-0.05, 0) is 30.9 Å². The van der Waals surface area contributed by atoms with Gasteiger partial charge in [-0.15, -0.1) is 11.6 Å². The van der Waals surface area contributed by atoms with E-state index in [-0.39, 0.29) is 17.6 Å². The summed E-state index contributed by atoms with van der Waals surface area (Å²) in [5, 5.41) is 2.83. The van der Waals surface area contributed by atoms with E-state index in [2.05, 4.69) is 11.4 Å². The molecule has 126 valence electrons. The number of carbonyl (C=O) groups is 2. The number of amides is 1. The highest BCUT2D eigenvalue weighted by Gasteiger charge is 2.20. The molecule has 2 rings (SSSR count). The Hall–Kier alpha value is -2.13. The second-order valence-corrected chi connectivity index (χ2v) is 6.17. The third-order valence-corrected chi connectivity index (χ3v) is 4.12. The summed E-state index contributed by atoms with van der Waals surface area (Å²) in [6.45, 7) is 2.03.